The van der Waals surface area contributed by atoms with Gasteiger partial charge in [0.05, 0.1) is 30.0 Å². The number of halogens is 2. The molecule has 4 aromatic rings. The fourth-order valence-electron chi connectivity index (χ4n) is 4.39. The van der Waals surface area contributed by atoms with Crippen LogP contribution in [0.1, 0.15) is 25.1 Å². The molecule has 0 saturated carbocycles. The lowest BCUT2D eigenvalue weighted by Crippen LogP contribution is -2.37. The summed E-state index contributed by atoms with van der Waals surface area (Å²) in [4.78, 5) is 24.9. The van der Waals surface area contributed by atoms with Gasteiger partial charge in [0.1, 0.15) is 17.5 Å². The summed E-state index contributed by atoms with van der Waals surface area (Å²) in [5.74, 6) is 0.743. The minimum absolute atomic E-state index is 0.120. The van der Waals surface area contributed by atoms with Crippen molar-refractivity contribution in [3.63, 3.8) is 0 Å². The molecule has 0 amide bonds. The number of anilines is 2. The highest BCUT2D eigenvalue weighted by Gasteiger charge is 2.22. The predicted octanol–water partition coefficient (Wildman–Crippen LogP) is 3.07. The van der Waals surface area contributed by atoms with E-state index in [-0.39, 0.29) is 24.1 Å². The van der Waals surface area contributed by atoms with Crippen LogP contribution in [0.2, 0.25) is 0 Å². The number of rotatable bonds is 10. The summed E-state index contributed by atoms with van der Waals surface area (Å²) in [5, 5.41) is 3.05. The molecular weight excluding hydrogens is 542 g/mol. The fraction of sp³-hybridized carbons (Fsp3) is 0.346. The first-order valence-electron chi connectivity index (χ1n) is 12.8. The molecule has 2 N–H and O–H groups in total. The van der Waals surface area contributed by atoms with Crippen molar-refractivity contribution >= 4 is 33.7 Å². The maximum atomic E-state index is 15.5. The van der Waals surface area contributed by atoms with Crippen LogP contribution < -0.4 is 14.9 Å². The summed E-state index contributed by atoms with van der Waals surface area (Å²) < 4.78 is 59.4. The number of nitrogens with one attached hydrogen (secondary N) is 2. The molecule has 3 aromatic heterocycles. The van der Waals surface area contributed by atoms with Crippen molar-refractivity contribution in [2.45, 2.75) is 19.5 Å². The minimum atomic E-state index is -2.85. The Morgan fingerprint density at radius 2 is 1.85 bits per heavy atom. The number of hydrogen-bond acceptors (Lipinski definition) is 10. The van der Waals surface area contributed by atoms with Gasteiger partial charge in [-0.25, -0.2) is 46.8 Å². The topological polar surface area (TPSA) is 135 Å². The van der Waals surface area contributed by atoms with Crippen LogP contribution in [-0.2, 0) is 15.6 Å². The molecule has 0 bridgehead atoms. The number of hydrogen-bond donors (Lipinski definition) is 3. The third-order valence-electron chi connectivity index (χ3n) is 6.36. The van der Waals surface area contributed by atoms with Crippen LogP contribution in [0.15, 0.2) is 42.7 Å². The first kappa shape index (κ1) is 27.7. The van der Waals surface area contributed by atoms with Gasteiger partial charge in [0, 0.05) is 49.7 Å². The Hall–Kier alpha value is -3.88. The Labute approximate surface area is 231 Å². The number of pyridine rings is 1. The summed E-state index contributed by atoms with van der Waals surface area (Å²) in [6, 6.07) is 7.78. The van der Waals surface area contributed by atoms with E-state index < -0.39 is 22.9 Å². The normalized spacial score (nSPS) is 14.6. The molecule has 11 nitrogen and oxygen atoms in total. The molecule has 1 atom stereocenters. The van der Waals surface area contributed by atoms with Crippen LogP contribution in [0.5, 0.6) is 0 Å². The largest absolute Gasteiger partial charge is 0.378 e. The quantitative estimate of drug-likeness (QED) is 0.244. The molecule has 210 valence electrons. The summed E-state index contributed by atoms with van der Waals surface area (Å²) in [6.45, 7) is 4.72. The smallest absolute Gasteiger partial charge is 0.222 e. The number of morpholine rings is 1. The van der Waals surface area contributed by atoms with Crippen molar-refractivity contribution in [1.29, 1.82) is 0 Å². The fourth-order valence-corrected chi connectivity index (χ4v) is 4.71. The lowest BCUT2D eigenvalue weighted by Gasteiger charge is -2.28. The van der Waals surface area contributed by atoms with Gasteiger partial charge in [0.15, 0.2) is 11.6 Å². The zero-order valence-electron chi connectivity index (χ0n) is 21.7. The zero-order chi connectivity index (χ0) is 28.1. The van der Waals surface area contributed by atoms with Gasteiger partial charge in [-0.3, -0.25) is 0 Å². The summed E-state index contributed by atoms with van der Waals surface area (Å²) in [5.41, 5.74) is 1.90. The second-order valence-corrected chi connectivity index (χ2v) is 9.82. The predicted molar refractivity (Wildman–Crippen MR) is 148 cm³/mol. The SMILES string of the molecule is CCNc1ncc(-c2nc(N3CCOCC3)c3nc(-c4cccc(C(F)CCN[SH](=O)=O)c4F)ccc3n2)cn1. The highest BCUT2D eigenvalue weighted by molar-refractivity contribution is 7.70. The molecular formula is C26H28F2N8O3S. The van der Waals surface area contributed by atoms with Crippen LogP contribution in [0, 0.1) is 5.82 Å². The molecule has 5 rings (SSSR count). The molecule has 0 radical (unpaired) electrons. The second-order valence-electron chi connectivity index (χ2n) is 8.99. The molecule has 1 saturated heterocycles. The van der Waals surface area contributed by atoms with Crippen molar-refractivity contribution in [1.82, 2.24) is 29.6 Å². The number of aromatic nitrogens is 5. The van der Waals surface area contributed by atoms with E-state index in [0.29, 0.717) is 72.7 Å². The van der Waals surface area contributed by atoms with Gasteiger partial charge in [-0.05, 0) is 31.5 Å². The molecule has 1 fully saturated rings. The Morgan fingerprint density at radius 3 is 2.58 bits per heavy atom. The Kier molecular flexibility index (Phi) is 8.67. The second kappa shape index (κ2) is 12.5. The highest BCUT2D eigenvalue weighted by Crippen LogP contribution is 2.33. The zero-order valence-corrected chi connectivity index (χ0v) is 22.6. The van der Waals surface area contributed by atoms with E-state index in [4.69, 9.17) is 14.7 Å². The number of benzene rings is 1. The lowest BCUT2D eigenvalue weighted by atomic mass is 10.0. The summed E-state index contributed by atoms with van der Waals surface area (Å²) in [7, 11) is -2.85. The van der Waals surface area contributed by atoms with Gasteiger partial charge >= 0.3 is 0 Å². The van der Waals surface area contributed by atoms with Crippen molar-refractivity contribution < 1.29 is 21.9 Å². The number of ether oxygens (including phenoxy) is 1. The van der Waals surface area contributed by atoms with E-state index in [0.717, 1.165) is 0 Å². The highest BCUT2D eigenvalue weighted by atomic mass is 32.2. The van der Waals surface area contributed by atoms with Crippen LogP contribution in [0.3, 0.4) is 0 Å². The number of fused-ring (bicyclic) bond motifs is 1. The molecule has 0 spiro atoms. The first-order chi connectivity index (χ1) is 19.4. The van der Waals surface area contributed by atoms with E-state index in [1.807, 2.05) is 11.8 Å². The van der Waals surface area contributed by atoms with E-state index in [2.05, 4.69) is 25.0 Å². The van der Waals surface area contributed by atoms with Gasteiger partial charge < -0.3 is 15.0 Å². The van der Waals surface area contributed by atoms with Crippen molar-refractivity contribution in [3.8, 4) is 22.6 Å². The van der Waals surface area contributed by atoms with Crippen LogP contribution >= 0.6 is 0 Å². The maximum Gasteiger partial charge on any atom is 0.222 e. The Balaban J connectivity index is 1.55. The molecule has 40 heavy (non-hydrogen) atoms. The van der Waals surface area contributed by atoms with Crippen LogP contribution in [0.4, 0.5) is 20.5 Å². The number of thiol groups is 1. The molecule has 0 aliphatic carbocycles. The Morgan fingerprint density at radius 1 is 1.07 bits per heavy atom. The van der Waals surface area contributed by atoms with E-state index in [1.165, 1.54) is 12.1 Å². The monoisotopic (exact) mass is 570 g/mol. The minimum Gasteiger partial charge on any atom is -0.378 e. The first-order valence-corrected chi connectivity index (χ1v) is 14.0. The Bertz CT molecular complexity index is 1560. The number of nitrogens with zero attached hydrogens (tertiary/aromatic N) is 6. The molecule has 1 aliphatic rings. The summed E-state index contributed by atoms with van der Waals surface area (Å²) in [6.07, 6.45) is 1.40. The van der Waals surface area contributed by atoms with Crippen molar-refractivity contribution in [3.05, 3.63) is 54.1 Å². The van der Waals surface area contributed by atoms with Gasteiger partial charge in [-0.1, -0.05) is 12.1 Å². The number of alkyl halides is 1. The van der Waals surface area contributed by atoms with Gasteiger partial charge in [-0.2, -0.15) is 0 Å². The third kappa shape index (κ3) is 6.13. The van der Waals surface area contributed by atoms with Gasteiger partial charge in [0.25, 0.3) is 0 Å². The van der Waals surface area contributed by atoms with Gasteiger partial charge in [-0.15, -0.1) is 0 Å². The van der Waals surface area contributed by atoms with Crippen molar-refractivity contribution in [2.75, 3.05) is 49.6 Å². The van der Waals surface area contributed by atoms with E-state index in [1.54, 1.807) is 30.6 Å². The average molecular weight is 571 g/mol. The molecule has 1 aliphatic heterocycles. The van der Waals surface area contributed by atoms with Crippen molar-refractivity contribution in [2.24, 2.45) is 0 Å². The third-order valence-corrected chi connectivity index (χ3v) is 6.84. The molecule has 1 unspecified atom stereocenters. The average Bonchev–Trinajstić information content (AvgIpc) is 2.97. The standard InChI is InChI=1S/C26H28F2N8O3S/c1-2-29-26-30-14-16(15-31-26)24-34-21-7-6-20(33-23(21)25(35-24)36-10-12-39-13-11-36)18-5-3-4-17(22(18)28)19(27)8-9-32-40(37)38/h3-7,14-15,19,40H,2,8-13H2,1H3,(H,29,30,31)(H,32,37,38). The van der Waals surface area contributed by atoms with Crippen LogP contribution in [-0.4, -0.2) is 72.7 Å². The molecule has 4 heterocycles. The lowest BCUT2D eigenvalue weighted by molar-refractivity contribution is 0.122. The van der Waals surface area contributed by atoms with E-state index >= 15 is 4.39 Å². The van der Waals surface area contributed by atoms with Crippen LogP contribution in [0.25, 0.3) is 33.7 Å². The maximum absolute atomic E-state index is 15.5. The van der Waals surface area contributed by atoms with Gasteiger partial charge in [0.2, 0.25) is 16.8 Å². The molecule has 14 heteroatoms. The molecule has 1 aromatic carbocycles. The summed E-state index contributed by atoms with van der Waals surface area (Å²) >= 11 is 0. The van der Waals surface area contributed by atoms with E-state index in [9.17, 15) is 12.8 Å².